The molecule has 1 heterocycles. The van der Waals surface area contributed by atoms with Crippen LogP contribution in [0.3, 0.4) is 0 Å². The molecule has 21 heavy (non-hydrogen) atoms. The molecule has 0 fully saturated rings. The van der Waals surface area contributed by atoms with Crippen LogP contribution in [0.15, 0.2) is 41.6 Å². The first-order chi connectivity index (χ1) is 10.2. The minimum Gasteiger partial charge on any atom is -0.493 e. The van der Waals surface area contributed by atoms with E-state index in [1.165, 1.54) is 0 Å². The summed E-state index contributed by atoms with van der Waals surface area (Å²) in [6.45, 7) is 0. The van der Waals surface area contributed by atoms with Gasteiger partial charge in [0.05, 0.1) is 32.5 Å². The van der Waals surface area contributed by atoms with Crippen LogP contribution >= 0.6 is 0 Å². The van der Waals surface area contributed by atoms with Crippen molar-refractivity contribution in [2.24, 2.45) is 5.10 Å². The lowest BCUT2D eigenvalue weighted by atomic mass is 10.1. The van der Waals surface area contributed by atoms with Gasteiger partial charge in [-0.25, -0.2) is 5.43 Å². The molecule has 0 atom stereocenters. The van der Waals surface area contributed by atoms with E-state index < -0.39 is 0 Å². The number of carbonyl (C=O) groups excluding carboxylic acids is 1. The molecule has 0 radical (unpaired) electrons. The van der Waals surface area contributed by atoms with Crippen molar-refractivity contribution in [2.45, 2.75) is 6.42 Å². The molecule has 0 spiro atoms. The molecule has 0 unspecified atom stereocenters. The topological polar surface area (TPSA) is 75.7 Å². The summed E-state index contributed by atoms with van der Waals surface area (Å²) in [4.78, 5) is 14.7. The van der Waals surface area contributed by atoms with Crippen molar-refractivity contribution in [3.63, 3.8) is 0 Å². The van der Waals surface area contributed by atoms with E-state index in [0.717, 1.165) is 11.3 Å². The maximum atomic E-state index is 11.8. The van der Waals surface area contributed by atoms with Crippen molar-refractivity contribution in [3.8, 4) is 11.5 Å². The van der Waals surface area contributed by atoms with Gasteiger partial charge in [0.15, 0.2) is 11.5 Å². The number of rotatable bonds is 6. The van der Waals surface area contributed by atoms with E-state index in [4.69, 9.17) is 9.47 Å². The van der Waals surface area contributed by atoms with E-state index in [2.05, 4.69) is 15.5 Å². The Labute approximate surface area is 122 Å². The number of ether oxygens (including phenoxy) is 2. The highest BCUT2D eigenvalue weighted by molar-refractivity contribution is 5.82. The SMILES string of the molecule is COc1ccc(CC(=O)N/N=C\c2ccc[nH]2)cc1OC. The number of carbonyl (C=O) groups is 1. The fraction of sp³-hybridized carbons (Fsp3) is 0.200. The summed E-state index contributed by atoms with van der Waals surface area (Å²) in [5.74, 6) is 1.02. The summed E-state index contributed by atoms with van der Waals surface area (Å²) >= 11 is 0. The molecular weight excluding hydrogens is 270 g/mol. The number of H-pyrrole nitrogens is 1. The molecule has 2 rings (SSSR count). The van der Waals surface area contributed by atoms with Gasteiger partial charge in [-0.2, -0.15) is 5.10 Å². The van der Waals surface area contributed by atoms with Gasteiger partial charge < -0.3 is 14.5 Å². The predicted octanol–water partition coefficient (Wildman–Crippen LogP) is 1.72. The Morgan fingerprint density at radius 2 is 2.10 bits per heavy atom. The smallest absolute Gasteiger partial charge is 0.244 e. The largest absolute Gasteiger partial charge is 0.493 e. The number of nitrogens with zero attached hydrogens (tertiary/aromatic N) is 1. The van der Waals surface area contributed by atoms with E-state index >= 15 is 0 Å². The molecule has 6 heteroatoms. The van der Waals surface area contributed by atoms with Crippen molar-refractivity contribution < 1.29 is 14.3 Å². The Balaban J connectivity index is 1.93. The number of methoxy groups -OCH3 is 2. The summed E-state index contributed by atoms with van der Waals surface area (Å²) in [5.41, 5.74) is 4.11. The molecule has 2 aromatic rings. The number of amides is 1. The van der Waals surface area contributed by atoms with Gasteiger partial charge in [-0.1, -0.05) is 6.07 Å². The average Bonchev–Trinajstić information content (AvgIpc) is 3.00. The molecule has 110 valence electrons. The molecule has 0 aliphatic rings. The fourth-order valence-electron chi connectivity index (χ4n) is 1.81. The zero-order valence-corrected chi connectivity index (χ0v) is 11.9. The fourth-order valence-corrected chi connectivity index (χ4v) is 1.81. The van der Waals surface area contributed by atoms with Gasteiger partial charge in [-0.05, 0) is 29.8 Å². The average molecular weight is 287 g/mol. The highest BCUT2D eigenvalue weighted by Gasteiger charge is 2.07. The third kappa shape index (κ3) is 4.10. The Kier molecular flexibility index (Phi) is 4.98. The molecule has 1 aromatic heterocycles. The van der Waals surface area contributed by atoms with Gasteiger partial charge in [0.2, 0.25) is 5.91 Å². The molecular formula is C15H17N3O3. The van der Waals surface area contributed by atoms with Crippen LogP contribution in [-0.2, 0) is 11.2 Å². The Hall–Kier alpha value is -2.76. The van der Waals surface area contributed by atoms with Gasteiger partial charge in [0, 0.05) is 6.20 Å². The van der Waals surface area contributed by atoms with Crippen molar-refractivity contribution >= 4 is 12.1 Å². The monoisotopic (exact) mass is 287 g/mol. The van der Waals surface area contributed by atoms with Gasteiger partial charge in [0.25, 0.3) is 0 Å². The highest BCUT2D eigenvalue weighted by atomic mass is 16.5. The molecule has 0 aliphatic carbocycles. The van der Waals surface area contributed by atoms with Crippen molar-refractivity contribution in [2.75, 3.05) is 14.2 Å². The van der Waals surface area contributed by atoms with Crippen LogP contribution in [0.25, 0.3) is 0 Å². The second-order valence-electron chi connectivity index (χ2n) is 4.28. The van der Waals surface area contributed by atoms with Gasteiger partial charge in [-0.15, -0.1) is 0 Å². The first kappa shape index (κ1) is 14.6. The van der Waals surface area contributed by atoms with E-state index in [1.807, 2.05) is 18.2 Å². The molecule has 6 nitrogen and oxygen atoms in total. The summed E-state index contributed by atoms with van der Waals surface area (Å²) in [7, 11) is 3.13. The molecule has 0 saturated carbocycles. The molecule has 0 saturated heterocycles. The molecule has 0 bridgehead atoms. The number of hydrogen-bond donors (Lipinski definition) is 2. The first-order valence-corrected chi connectivity index (χ1v) is 6.39. The summed E-state index contributed by atoms with van der Waals surface area (Å²) in [6, 6.07) is 9.06. The van der Waals surface area contributed by atoms with Crippen LogP contribution in [0.1, 0.15) is 11.3 Å². The Morgan fingerprint density at radius 3 is 2.76 bits per heavy atom. The van der Waals surface area contributed by atoms with Gasteiger partial charge in [-0.3, -0.25) is 4.79 Å². The van der Waals surface area contributed by atoms with E-state index in [-0.39, 0.29) is 12.3 Å². The second kappa shape index (κ2) is 7.14. The van der Waals surface area contributed by atoms with Gasteiger partial charge >= 0.3 is 0 Å². The van der Waals surface area contributed by atoms with Crippen molar-refractivity contribution in [3.05, 3.63) is 47.8 Å². The third-order valence-electron chi connectivity index (χ3n) is 2.83. The number of hydrazone groups is 1. The number of aromatic amines is 1. The highest BCUT2D eigenvalue weighted by Crippen LogP contribution is 2.27. The lowest BCUT2D eigenvalue weighted by Crippen LogP contribution is -2.19. The minimum absolute atomic E-state index is 0.204. The lowest BCUT2D eigenvalue weighted by Gasteiger charge is -2.09. The zero-order valence-electron chi connectivity index (χ0n) is 11.9. The number of aromatic nitrogens is 1. The predicted molar refractivity (Wildman–Crippen MR) is 79.8 cm³/mol. The quantitative estimate of drug-likeness (QED) is 0.627. The standard InChI is InChI=1S/C15H17N3O3/c1-20-13-6-5-11(8-14(13)21-2)9-15(19)18-17-10-12-4-3-7-16-12/h3-8,10,16H,9H2,1-2H3,(H,18,19)/b17-10-. The maximum Gasteiger partial charge on any atom is 0.244 e. The van der Waals surface area contributed by atoms with Crippen LogP contribution in [0, 0.1) is 0 Å². The van der Waals surface area contributed by atoms with E-state index in [9.17, 15) is 4.79 Å². The molecule has 0 aliphatic heterocycles. The minimum atomic E-state index is -0.204. The summed E-state index contributed by atoms with van der Waals surface area (Å²) in [6.07, 6.45) is 3.54. The third-order valence-corrected chi connectivity index (χ3v) is 2.83. The van der Waals surface area contributed by atoms with E-state index in [0.29, 0.717) is 11.5 Å². The van der Waals surface area contributed by atoms with Gasteiger partial charge in [0.1, 0.15) is 0 Å². The van der Waals surface area contributed by atoms with Crippen LogP contribution in [0.5, 0.6) is 11.5 Å². The zero-order chi connectivity index (χ0) is 15.1. The Bertz CT molecular complexity index is 621. The number of nitrogens with one attached hydrogen (secondary N) is 2. The number of hydrogen-bond acceptors (Lipinski definition) is 4. The van der Waals surface area contributed by atoms with Crippen molar-refractivity contribution in [1.29, 1.82) is 0 Å². The summed E-state index contributed by atoms with van der Waals surface area (Å²) in [5, 5.41) is 3.87. The first-order valence-electron chi connectivity index (χ1n) is 6.39. The summed E-state index contributed by atoms with van der Waals surface area (Å²) < 4.78 is 10.3. The second-order valence-corrected chi connectivity index (χ2v) is 4.28. The van der Waals surface area contributed by atoms with E-state index in [1.54, 1.807) is 38.8 Å². The van der Waals surface area contributed by atoms with Crippen LogP contribution in [0.4, 0.5) is 0 Å². The molecule has 2 N–H and O–H groups in total. The lowest BCUT2D eigenvalue weighted by molar-refractivity contribution is -0.120. The molecule has 1 amide bonds. The molecule has 1 aromatic carbocycles. The Morgan fingerprint density at radius 1 is 1.29 bits per heavy atom. The number of benzene rings is 1. The normalized spacial score (nSPS) is 10.6. The van der Waals surface area contributed by atoms with Crippen LogP contribution in [0.2, 0.25) is 0 Å². The van der Waals surface area contributed by atoms with Crippen LogP contribution in [-0.4, -0.2) is 31.3 Å². The van der Waals surface area contributed by atoms with Crippen LogP contribution < -0.4 is 14.9 Å². The maximum absolute atomic E-state index is 11.8. The van der Waals surface area contributed by atoms with Crippen molar-refractivity contribution in [1.82, 2.24) is 10.4 Å².